The van der Waals surface area contributed by atoms with Gasteiger partial charge in [0.1, 0.15) is 23.0 Å². The molecule has 1 unspecified atom stereocenters. The van der Waals surface area contributed by atoms with Gasteiger partial charge in [-0.05, 0) is 51.1 Å². The van der Waals surface area contributed by atoms with Gasteiger partial charge in [-0.3, -0.25) is 14.5 Å². The first kappa shape index (κ1) is 26.6. The van der Waals surface area contributed by atoms with Crippen LogP contribution in [-0.4, -0.2) is 71.5 Å². The lowest BCUT2D eigenvalue weighted by Gasteiger charge is -2.45. The van der Waals surface area contributed by atoms with E-state index in [1.165, 1.54) is 18.2 Å². The molecule has 4 rings (SSSR count). The largest absolute Gasteiger partial charge is 0.514 e. The van der Waals surface area contributed by atoms with Gasteiger partial charge in [0.05, 0.1) is 28.7 Å². The summed E-state index contributed by atoms with van der Waals surface area (Å²) in [7, 11) is -4.15. The van der Waals surface area contributed by atoms with E-state index in [9.17, 15) is 27.9 Å². The number of imide groups is 1. The molecular weight excluding hydrogens is 529 g/mol. The topological polar surface area (TPSA) is 121 Å². The fourth-order valence-corrected chi connectivity index (χ4v) is 7.31. The van der Waals surface area contributed by atoms with E-state index >= 15 is 0 Å². The molecule has 0 saturated carbocycles. The number of nitrogens with zero attached hydrogens (tertiary/aromatic N) is 2. The summed E-state index contributed by atoms with van der Waals surface area (Å²) in [4.78, 5) is 39.6. The molecule has 2 N–H and O–H groups in total. The first-order valence-corrected chi connectivity index (χ1v) is 13.5. The summed E-state index contributed by atoms with van der Waals surface area (Å²) in [5.41, 5.74) is -0.363. The number of benzene rings is 2. The Morgan fingerprint density at radius 3 is 2.22 bits per heavy atom. The predicted octanol–water partition coefficient (Wildman–Crippen LogP) is 4.00. The van der Waals surface area contributed by atoms with Gasteiger partial charge in [-0.2, -0.15) is 4.79 Å². The molecule has 2 aliphatic heterocycles. The van der Waals surface area contributed by atoms with Crippen LogP contribution in [0.15, 0.2) is 47.4 Å². The maximum Gasteiger partial charge on any atom is 0.514 e. The van der Waals surface area contributed by atoms with Crippen LogP contribution in [0.3, 0.4) is 0 Å². The second-order valence-electron chi connectivity index (χ2n) is 10.1. The molecule has 0 spiro atoms. The number of sulfonamides is 1. The minimum Gasteiger partial charge on any atom is -0.435 e. The highest BCUT2D eigenvalue weighted by Crippen LogP contribution is 2.39. The van der Waals surface area contributed by atoms with Gasteiger partial charge in [0.15, 0.2) is 0 Å². The standard InChI is InChI=1S/C24H25Cl2N3O6S/c1-24(2,3)29(23(32)33)13-15(27-36(34,35)20-10-14(25)8-9-19(20)26)11-16(29)12-28-21(30)17-6-4-5-7-18(17)22(28)31/h4-10,15-16,27H,11-13H2,1-3H3/p+1/t15-,16-,29?/m1/s1. The van der Waals surface area contributed by atoms with E-state index < -0.39 is 50.0 Å². The average molecular weight is 555 g/mol. The van der Waals surface area contributed by atoms with Gasteiger partial charge in [0.25, 0.3) is 11.8 Å². The average Bonchev–Trinajstić information content (AvgIpc) is 3.27. The Morgan fingerprint density at radius 2 is 1.69 bits per heavy atom. The molecule has 0 aliphatic carbocycles. The monoisotopic (exact) mass is 554 g/mol. The van der Waals surface area contributed by atoms with Crippen LogP contribution in [-0.2, 0) is 10.0 Å². The molecule has 1 fully saturated rings. The Labute approximate surface area is 219 Å². The zero-order valence-corrected chi connectivity index (χ0v) is 22.2. The van der Waals surface area contributed by atoms with Crippen molar-refractivity contribution in [1.82, 2.24) is 9.62 Å². The van der Waals surface area contributed by atoms with E-state index in [-0.39, 0.29) is 45.6 Å². The second-order valence-corrected chi connectivity index (χ2v) is 12.6. The summed E-state index contributed by atoms with van der Waals surface area (Å²) in [6, 6.07) is 8.89. The van der Waals surface area contributed by atoms with Gasteiger partial charge in [0, 0.05) is 11.4 Å². The maximum atomic E-state index is 13.2. The van der Waals surface area contributed by atoms with Gasteiger partial charge in [-0.1, -0.05) is 35.3 Å². The number of rotatable bonds is 5. The molecule has 0 radical (unpaired) electrons. The third kappa shape index (κ3) is 4.31. The summed E-state index contributed by atoms with van der Waals surface area (Å²) in [6.45, 7) is 4.94. The van der Waals surface area contributed by atoms with Crippen LogP contribution in [0.1, 0.15) is 47.9 Å². The van der Waals surface area contributed by atoms with Crippen molar-refractivity contribution in [1.29, 1.82) is 0 Å². The SMILES string of the molecule is CC(C)(C)[N+]1(C(=O)O)C[C@H](NS(=O)(=O)c2cc(Cl)ccc2Cl)C[C@@H]1CN1C(=O)c2ccccc2C1=O. The molecule has 2 aliphatic rings. The van der Waals surface area contributed by atoms with Gasteiger partial charge >= 0.3 is 6.09 Å². The van der Waals surface area contributed by atoms with Gasteiger partial charge < -0.3 is 5.11 Å². The van der Waals surface area contributed by atoms with Crippen LogP contribution in [0.2, 0.25) is 10.0 Å². The summed E-state index contributed by atoms with van der Waals surface area (Å²) >= 11 is 12.1. The molecule has 3 amide bonds. The Hall–Kier alpha value is -2.50. The van der Waals surface area contributed by atoms with Crippen molar-refractivity contribution < 1.29 is 32.4 Å². The van der Waals surface area contributed by atoms with Crippen LogP contribution in [0.4, 0.5) is 4.79 Å². The van der Waals surface area contributed by atoms with Crippen molar-refractivity contribution in [3.05, 3.63) is 63.6 Å². The summed E-state index contributed by atoms with van der Waals surface area (Å²) < 4.78 is 28.4. The zero-order chi connectivity index (χ0) is 26.6. The van der Waals surface area contributed by atoms with Crippen molar-refractivity contribution in [2.75, 3.05) is 13.1 Å². The molecule has 9 nitrogen and oxygen atoms in total. The molecule has 0 aromatic heterocycles. The van der Waals surface area contributed by atoms with Gasteiger partial charge in [0.2, 0.25) is 10.0 Å². The van der Waals surface area contributed by atoms with E-state index in [1.807, 2.05) is 0 Å². The predicted molar refractivity (Wildman–Crippen MR) is 134 cm³/mol. The van der Waals surface area contributed by atoms with Gasteiger partial charge in [-0.15, -0.1) is 0 Å². The normalized spacial score (nSPS) is 24.3. The number of carbonyl (C=O) groups is 3. The number of amides is 3. The second kappa shape index (κ2) is 9.11. The molecule has 36 heavy (non-hydrogen) atoms. The molecule has 1 saturated heterocycles. The molecule has 0 bridgehead atoms. The number of fused-ring (bicyclic) bond motifs is 1. The number of nitrogens with one attached hydrogen (secondary N) is 1. The van der Waals surface area contributed by atoms with E-state index in [0.717, 1.165) is 4.90 Å². The zero-order valence-electron chi connectivity index (χ0n) is 19.9. The van der Waals surface area contributed by atoms with Crippen molar-refractivity contribution in [2.45, 2.75) is 49.7 Å². The maximum absolute atomic E-state index is 13.2. The van der Waals surface area contributed by atoms with Crippen LogP contribution < -0.4 is 4.72 Å². The number of likely N-dealkylation sites (tertiary alicyclic amines) is 1. The molecular formula is C24H26Cl2N3O6S+. The third-order valence-corrected chi connectivity index (χ3v) is 9.24. The molecule has 12 heteroatoms. The lowest BCUT2D eigenvalue weighted by Crippen LogP contribution is -2.68. The van der Waals surface area contributed by atoms with Crippen molar-refractivity contribution in [2.24, 2.45) is 0 Å². The van der Waals surface area contributed by atoms with Crippen LogP contribution in [0, 0.1) is 0 Å². The fourth-order valence-electron chi connectivity index (χ4n) is 5.30. The lowest BCUT2D eigenvalue weighted by atomic mass is 9.99. The molecule has 2 aromatic carbocycles. The smallest absolute Gasteiger partial charge is 0.435 e. The minimum atomic E-state index is -4.15. The minimum absolute atomic E-state index is 0.0257. The molecule has 2 heterocycles. The number of carboxylic acid groups (broad SMARTS) is 1. The Kier molecular flexibility index (Phi) is 6.72. The Morgan fingerprint density at radius 1 is 1.11 bits per heavy atom. The first-order chi connectivity index (χ1) is 16.7. The Balaban J connectivity index is 1.68. The van der Waals surface area contributed by atoms with Crippen LogP contribution in [0.5, 0.6) is 0 Å². The number of halogens is 2. The summed E-state index contributed by atoms with van der Waals surface area (Å²) in [5, 5.41) is 10.6. The quantitative estimate of drug-likeness (QED) is 0.425. The third-order valence-electron chi connectivity index (χ3n) is 7.00. The van der Waals surface area contributed by atoms with Crippen molar-refractivity contribution in [3.63, 3.8) is 0 Å². The number of hydrogen-bond donors (Lipinski definition) is 2. The van der Waals surface area contributed by atoms with Crippen LogP contribution in [0.25, 0.3) is 0 Å². The highest BCUT2D eigenvalue weighted by Gasteiger charge is 2.61. The summed E-state index contributed by atoms with van der Waals surface area (Å²) in [5.74, 6) is -0.995. The highest BCUT2D eigenvalue weighted by atomic mass is 35.5. The van der Waals surface area contributed by atoms with Crippen molar-refractivity contribution >= 4 is 51.1 Å². The molecule has 3 atom stereocenters. The fraction of sp³-hybridized carbons (Fsp3) is 0.375. The van der Waals surface area contributed by atoms with E-state index in [2.05, 4.69) is 4.72 Å². The van der Waals surface area contributed by atoms with Gasteiger partial charge in [-0.25, -0.2) is 17.6 Å². The number of quaternary nitrogens is 1. The Bertz CT molecular complexity index is 1340. The number of carbonyl (C=O) groups excluding carboxylic acids is 2. The van der Waals surface area contributed by atoms with Crippen LogP contribution >= 0.6 is 23.2 Å². The van der Waals surface area contributed by atoms with E-state index in [4.69, 9.17) is 23.2 Å². The lowest BCUT2D eigenvalue weighted by molar-refractivity contribution is -0.914. The van der Waals surface area contributed by atoms with E-state index in [1.54, 1.807) is 45.0 Å². The van der Waals surface area contributed by atoms with E-state index in [0.29, 0.717) is 0 Å². The molecule has 2 aromatic rings. The summed E-state index contributed by atoms with van der Waals surface area (Å²) in [6.07, 6.45) is -1.10. The molecule has 192 valence electrons. The first-order valence-electron chi connectivity index (χ1n) is 11.2. The van der Waals surface area contributed by atoms with Crippen molar-refractivity contribution in [3.8, 4) is 0 Å². The number of hydrogen-bond acceptors (Lipinski definition) is 5. The highest BCUT2D eigenvalue weighted by molar-refractivity contribution is 7.89.